The number of phosphoric acid groups is 1. The normalized spacial score (nSPS) is 13.9. The van der Waals surface area contributed by atoms with Crippen LogP contribution in [0.3, 0.4) is 0 Å². The summed E-state index contributed by atoms with van der Waals surface area (Å²) in [4.78, 5) is 22.6. The zero-order valence-corrected chi connectivity index (χ0v) is 39.6. The van der Waals surface area contributed by atoms with E-state index in [-0.39, 0.29) is 25.6 Å². The highest BCUT2D eigenvalue weighted by atomic mass is 31.2. The molecule has 3 N–H and O–H groups in total. The lowest BCUT2D eigenvalue weighted by Crippen LogP contribution is -2.29. The SMILES string of the molecule is CCCCCCCCCC/C=C\CCCCCCCCCCCCCCOCC(COP(=O)(O)OCC(O)CO)OC(=O)CCCCCCCCCCCCCCCC. The van der Waals surface area contributed by atoms with Gasteiger partial charge in [-0.25, -0.2) is 4.57 Å². The second-order valence-corrected chi connectivity index (χ2v) is 18.6. The number of carbonyl (C=O) groups is 1. The summed E-state index contributed by atoms with van der Waals surface area (Å²) in [5.41, 5.74) is 0. The van der Waals surface area contributed by atoms with Gasteiger partial charge in [-0.2, -0.15) is 0 Å². The molecule has 0 spiro atoms. The molecule has 3 unspecified atom stereocenters. The lowest BCUT2D eigenvalue weighted by atomic mass is 10.0. The monoisotopic (exact) mass is 861 g/mol. The van der Waals surface area contributed by atoms with Gasteiger partial charge in [0.15, 0.2) is 0 Å². The average Bonchev–Trinajstić information content (AvgIpc) is 3.23. The van der Waals surface area contributed by atoms with Crippen molar-refractivity contribution in [1.29, 1.82) is 0 Å². The summed E-state index contributed by atoms with van der Waals surface area (Å²) in [5.74, 6) is -0.377. The van der Waals surface area contributed by atoms with Crippen LogP contribution in [0, 0.1) is 0 Å². The molecule has 352 valence electrons. The molecule has 0 aliphatic carbocycles. The molecule has 0 aliphatic rings. The van der Waals surface area contributed by atoms with E-state index in [9.17, 15) is 19.4 Å². The highest BCUT2D eigenvalue weighted by Crippen LogP contribution is 2.43. The van der Waals surface area contributed by atoms with E-state index < -0.39 is 33.2 Å². The number of unbranched alkanes of at least 4 members (excludes halogenated alkanes) is 33. The number of aliphatic hydroxyl groups is 2. The molecule has 0 heterocycles. The van der Waals surface area contributed by atoms with Crippen LogP contribution in [0.5, 0.6) is 0 Å². The molecule has 0 aromatic rings. The third-order valence-electron chi connectivity index (χ3n) is 11.2. The van der Waals surface area contributed by atoms with E-state index >= 15 is 0 Å². The molecule has 9 nitrogen and oxygen atoms in total. The molecule has 0 aliphatic heterocycles. The zero-order valence-electron chi connectivity index (χ0n) is 38.7. The third kappa shape index (κ3) is 46.5. The number of esters is 1. The molecular weight excluding hydrogens is 764 g/mol. The second-order valence-electron chi connectivity index (χ2n) is 17.2. The molecule has 0 amide bonds. The Bertz CT molecular complexity index is 933. The Morgan fingerprint density at radius 1 is 0.508 bits per heavy atom. The number of rotatable bonds is 49. The topological polar surface area (TPSA) is 132 Å². The summed E-state index contributed by atoms with van der Waals surface area (Å²) in [6.45, 7) is 3.57. The molecule has 0 aromatic carbocycles. The van der Waals surface area contributed by atoms with Gasteiger partial charge in [-0.05, 0) is 38.5 Å². The number of hydrogen-bond donors (Lipinski definition) is 3. The predicted molar refractivity (Wildman–Crippen MR) is 247 cm³/mol. The predicted octanol–water partition coefficient (Wildman–Crippen LogP) is 14.4. The van der Waals surface area contributed by atoms with Crippen molar-refractivity contribution in [1.82, 2.24) is 0 Å². The van der Waals surface area contributed by atoms with Crippen LogP contribution in [0.15, 0.2) is 12.2 Å². The van der Waals surface area contributed by atoms with Gasteiger partial charge in [-0.15, -0.1) is 0 Å². The minimum Gasteiger partial charge on any atom is -0.457 e. The Morgan fingerprint density at radius 2 is 0.864 bits per heavy atom. The number of phosphoric ester groups is 1. The van der Waals surface area contributed by atoms with Gasteiger partial charge in [-0.1, -0.05) is 219 Å². The van der Waals surface area contributed by atoms with Gasteiger partial charge in [0.2, 0.25) is 0 Å². The summed E-state index contributed by atoms with van der Waals surface area (Å²) in [6.07, 6.45) is 49.0. The first-order valence-electron chi connectivity index (χ1n) is 25.2. The lowest BCUT2D eigenvalue weighted by molar-refractivity contribution is -0.154. The number of hydrogen-bond acceptors (Lipinski definition) is 8. The molecule has 0 saturated heterocycles. The Hall–Kier alpha value is -0.800. The average molecular weight is 861 g/mol. The van der Waals surface area contributed by atoms with Crippen LogP contribution in [0.25, 0.3) is 0 Å². The van der Waals surface area contributed by atoms with E-state index in [4.69, 9.17) is 23.6 Å². The van der Waals surface area contributed by atoms with Gasteiger partial charge in [0.25, 0.3) is 0 Å². The fourth-order valence-electron chi connectivity index (χ4n) is 7.35. The standard InChI is InChI=1S/C49H97O9P/c1-3-5-7-9-11-13-15-17-19-20-21-22-23-24-25-26-27-28-30-32-34-36-38-40-42-55-45-48(46-57-59(53,54)56-44-47(51)43-50)58-49(52)41-39-37-35-33-31-29-18-16-14-12-10-8-6-4-2/h20-21,47-48,50-51H,3-19,22-46H2,1-2H3,(H,53,54)/b21-20-. The number of ether oxygens (including phenoxy) is 2. The molecule has 0 rings (SSSR count). The highest BCUT2D eigenvalue weighted by Gasteiger charge is 2.26. The first kappa shape index (κ1) is 58.2. The van der Waals surface area contributed by atoms with Crippen molar-refractivity contribution < 1.29 is 43.0 Å². The molecule has 0 radical (unpaired) electrons. The smallest absolute Gasteiger partial charge is 0.457 e. The van der Waals surface area contributed by atoms with Crippen LogP contribution >= 0.6 is 7.82 Å². The van der Waals surface area contributed by atoms with Crippen LogP contribution in [0.1, 0.15) is 251 Å². The summed E-state index contributed by atoms with van der Waals surface area (Å²) >= 11 is 0. The maximum atomic E-state index is 12.6. The minimum absolute atomic E-state index is 0.0554. The third-order valence-corrected chi connectivity index (χ3v) is 12.2. The van der Waals surface area contributed by atoms with Gasteiger partial charge in [0, 0.05) is 13.0 Å². The van der Waals surface area contributed by atoms with Crippen LogP contribution in [0.2, 0.25) is 0 Å². The van der Waals surface area contributed by atoms with Crippen molar-refractivity contribution in [3.63, 3.8) is 0 Å². The summed E-state index contributed by atoms with van der Waals surface area (Å²) < 4.78 is 33.5. The number of carbonyl (C=O) groups excluding carboxylic acids is 1. The van der Waals surface area contributed by atoms with E-state index in [2.05, 4.69) is 26.0 Å². The van der Waals surface area contributed by atoms with Crippen LogP contribution < -0.4 is 0 Å². The quantitative estimate of drug-likeness (QED) is 0.0237. The fourth-order valence-corrected chi connectivity index (χ4v) is 8.14. The molecule has 3 atom stereocenters. The van der Waals surface area contributed by atoms with Crippen LogP contribution in [-0.4, -0.2) is 66.3 Å². The first-order chi connectivity index (χ1) is 28.8. The van der Waals surface area contributed by atoms with Crippen LogP contribution in [0.4, 0.5) is 0 Å². The maximum Gasteiger partial charge on any atom is 0.472 e. The van der Waals surface area contributed by atoms with Crippen molar-refractivity contribution in [2.75, 3.05) is 33.0 Å². The molecule has 0 fully saturated rings. The zero-order chi connectivity index (χ0) is 43.2. The van der Waals surface area contributed by atoms with Crippen molar-refractivity contribution >= 4 is 13.8 Å². The van der Waals surface area contributed by atoms with Crippen molar-refractivity contribution in [2.24, 2.45) is 0 Å². The van der Waals surface area contributed by atoms with Crippen molar-refractivity contribution in [3.8, 4) is 0 Å². The largest absolute Gasteiger partial charge is 0.472 e. The first-order valence-corrected chi connectivity index (χ1v) is 26.7. The fraction of sp³-hybridized carbons (Fsp3) is 0.939. The number of allylic oxidation sites excluding steroid dienone is 2. The minimum atomic E-state index is -4.51. The van der Waals surface area contributed by atoms with E-state index in [1.165, 1.54) is 199 Å². The molecule has 59 heavy (non-hydrogen) atoms. The molecular formula is C49H97O9P. The Morgan fingerprint density at radius 3 is 1.27 bits per heavy atom. The molecule has 10 heteroatoms. The van der Waals surface area contributed by atoms with Gasteiger partial charge in [0.05, 0.1) is 26.4 Å². The molecule has 0 aromatic heterocycles. The Labute approximate surface area is 364 Å². The number of aliphatic hydroxyl groups excluding tert-OH is 2. The van der Waals surface area contributed by atoms with E-state index in [0.717, 1.165) is 32.1 Å². The molecule has 0 bridgehead atoms. The summed E-state index contributed by atoms with van der Waals surface area (Å²) in [5, 5.41) is 18.4. The van der Waals surface area contributed by atoms with Crippen LogP contribution in [-0.2, 0) is 27.9 Å². The highest BCUT2D eigenvalue weighted by molar-refractivity contribution is 7.47. The lowest BCUT2D eigenvalue weighted by Gasteiger charge is -2.20. The Kier molecular flexibility index (Phi) is 46.1. The van der Waals surface area contributed by atoms with E-state index in [0.29, 0.717) is 6.61 Å². The van der Waals surface area contributed by atoms with Gasteiger partial charge >= 0.3 is 13.8 Å². The van der Waals surface area contributed by atoms with Crippen molar-refractivity contribution in [3.05, 3.63) is 12.2 Å². The van der Waals surface area contributed by atoms with Crippen molar-refractivity contribution in [2.45, 2.75) is 264 Å². The van der Waals surface area contributed by atoms with Gasteiger partial charge < -0.3 is 24.6 Å². The van der Waals surface area contributed by atoms with E-state index in [1.54, 1.807) is 0 Å². The van der Waals surface area contributed by atoms with E-state index in [1.807, 2.05) is 0 Å². The maximum absolute atomic E-state index is 12.6. The van der Waals surface area contributed by atoms with Gasteiger partial charge in [0.1, 0.15) is 12.2 Å². The summed E-state index contributed by atoms with van der Waals surface area (Å²) in [6, 6.07) is 0. The van der Waals surface area contributed by atoms with Gasteiger partial charge in [-0.3, -0.25) is 13.8 Å². The molecule has 0 saturated carbocycles. The summed E-state index contributed by atoms with van der Waals surface area (Å²) in [7, 11) is -4.51. The Balaban J connectivity index is 3.99. The second kappa shape index (κ2) is 46.7.